The van der Waals surface area contributed by atoms with E-state index < -0.39 is 10.0 Å². The van der Waals surface area contributed by atoms with E-state index in [-0.39, 0.29) is 17.3 Å². The Hall–Kier alpha value is -1.40. The number of amides is 1. The zero-order chi connectivity index (χ0) is 13.6. The molecule has 0 atom stereocenters. The number of benzene rings is 1. The van der Waals surface area contributed by atoms with Gasteiger partial charge in [0.2, 0.25) is 15.9 Å². The van der Waals surface area contributed by atoms with Crippen molar-refractivity contribution >= 4 is 15.9 Å². The maximum absolute atomic E-state index is 12.3. The summed E-state index contributed by atoms with van der Waals surface area (Å²) in [5.74, 6) is -0.317. The molecule has 0 unspecified atom stereocenters. The molecule has 18 heavy (non-hydrogen) atoms. The predicted octanol–water partition coefficient (Wildman–Crippen LogP) is 0.833. The maximum Gasteiger partial charge on any atom is 0.243 e. The first-order valence-corrected chi connectivity index (χ1v) is 7.22. The van der Waals surface area contributed by atoms with Gasteiger partial charge in [0.15, 0.2) is 0 Å². The van der Waals surface area contributed by atoms with Crippen molar-refractivity contribution in [2.45, 2.75) is 18.2 Å². The van der Waals surface area contributed by atoms with Crippen LogP contribution in [0.3, 0.4) is 0 Å². The van der Waals surface area contributed by atoms with Crippen molar-refractivity contribution in [3.8, 4) is 0 Å². The third-order valence-corrected chi connectivity index (χ3v) is 4.31. The standard InChI is InChI=1S/C12H18N2O3S/c1-3-9-14(10-12(15)13-2)18(16,17)11-7-5-4-6-8-11/h4-8H,3,9-10H2,1-2H3,(H,13,15). The van der Waals surface area contributed by atoms with E-state index in [1.54, 1.807) is 18.2 Å². The fraction of sp³-hybridized carbons (Fsp3) is 0.417. The molecule has 0 aliphatic rings. The first-order chi connectivity index (χ1) is 8.52. The van der Waals surface area contributed by atoms with E-state index >= 15 is 0 Å². The van der Waals surface area contributed by atoms with Crippen molar-refractivity contribution in [1.29, 1.82) is 0 Å². The minimum Gasteiger partial charge on any atom is -0.358 e. The monoisotopic (exact) mass is 270 g/mol. The molecule has 1 rings (SSSR count). The van der Waals surface area contributed by atoms with Crippen LogP contribution in [0.2, 0.25) is 0 Å². The molecule has 1 aromatic rings. The Morgan fingerprint density at radius 1 is 1.28 bits per heavy atom. The molecule has 0 aromatic heterocycles. The second-order valence-corrected chi connectivity index (χ2v) is 5.76. The highest BCUT2D eigenvalue weighted by Crippen LogP contribution is 2.15. The van der Waals surface area contributed by atoms with Gasteiger partial charge in [-0.25, -0.2) is 8.42 Å². The van der Waals surface area contributed by atoms with Crippen LogP contribution in [0.4, 0.5) is 0 Å². The number of likely N-dealkylation sites (N-methyl/N-ethyl adjacent to an activating group) is 1. The molecule has 5 nitrogen and oxygen atoms in total. The van der Waals surface area contributed by atoms with Gasteiger partial charge in [0.05, 0.1) is 11.4 Å². The van der Waals surface area contributed by atoms with Gasteiger partial charge < -0.3 is 5.32 Å². The summed E-state index contributed by atoms with van der Waals surface area (Å²) < 4.78 is 25.8. The molecule has 0 saturated heterocycles. The highest BCUT2D eigenvalue weighted by atomic mass is 32.2. The zero-order valence-corrected chi connectivity index (χ0v) is 11.4. The van der Waals surface area contributed by atoms with Crippen LogP contribution in [0.5, 0.6) is 0 Å². The minimum absolute atomic E-state index is 0.151. The van der Waals surface area contributed by atoms with Crippen molar-refractivity contribution in [3.63, 3.8) is 0 Å². The number of carbonyl (C=O) groups is 1. The topological polar surface area (TPSA) is 66.5 Å². The molecule has 1 amide bonds. The first kappa shape index (κ1) is 14.7. The van der Waals surface area contributed by atoms with E-state index in [1.807, 2.05) is 6.92 Å². The Morgan fingerprint density at radius 3 is 2.39 bits per heavy atom. The molecule has 0 bridgehead atoms. The normalized spacial score (nSPS) is 11.5. The summed E-state index contributed by atoms with van der Waals surface area (Å²) in [4.78, 5) is 11.6. The van der Waals surface area contributed by atoms with Crippen LogP contribution in [-0.4, -0.2) is 38.8 Å². The molecule has 0 aliphatic heterocycles. The first-order valence-electron chi connectivity index (χ1n) is 5.78. The number of nitrogens with zero attached hydrogens (tertiary/aromatic N) is 1. The lowest BCUT2D eigenvalue weighted by Gasteiger charge is -2.20. The van der Waals surface area contributed by atoms with E-state index in [4.69, 9.17) is 0 Å². The second-order valence-electron chi connectivity index (χ2n) is 3.82. The van der Waals surface area contributed by atoms with Crippen LogP contribution in [0.1, 0.15) is 13.3 Å². The third-order valence-electron chi connectivity index (χ3n) is 2.45. The van der Waals surface area contributed by atoms with Crippen molar-refractivity contribution < 1.29 is 13.2 Å². The van der Waals surface area contributed by atoms with Gasteiger partial charge in [-0.05, 0) is 18.6 Å². The summed E-state index contributed by atoms with van der Waals surface area (Å²) in [6.45, 7) is 2.05. The Bertz CT molecular complexity index is 485. The molecule has 6 heteroatoms. The molecule has 0 spiro atoms. The SMILES string of the molecule is CCCN(CC(=O)NC)S(=O)(=O)c1ccccc1. The average molecular weight is 270 g/mol. The van der Waals surface area contributed by atoms with Gasteiger partial charge in [0.25, 0.3) is 0 Å². The predicted molar refractivity (Wildman–Crippen MR) is 69.6 cm³/mol. The molecule has 0 radical (unpaired) electrons. The highest BCUT2D eigenvalue weighted by Gasteiger charge is 2.25. The van der Waals surface area contributed by atoms with Gasteiger partial charge in [-0.15, -0.1) is 0 Å². The fourth-order valence-electron chi connectivity index (χ4n) is 1.51. The van der Waals surface area contributed by atoms with Crippen LogP contribution in [0.15, 0.2) is 35.2 Å². The average Bonchev–Trinajstić information content (AvgIpc) is 2.39. The molecule has 0 fully saturated rings. The Labute approximate surface area is 108 Å². The van der Waals surface area contributed by atoms with Gasteiger partial charge in [-0.1, -0.05) is 25.1 Å². The van der Waals surface area contributed by atoms with Crippen LogP contribution in [0, 0.1) is 0 Å². The van der Waals surface area contributed by atoms with E-state index in [0.717, 1.165) is 0 Å². The van der Waals surface area contributed by atoms with E-state index in [2.05, 4.69) is 5.32 Å². The number of hydrogen-bond donors (Lipinski definition) is 1. The Balaban J connectivity index is 3.01. The van der Waals surface area contributed by atoms with Gasteiger partial charge >= 0.3 is 0 Å². The number of sulfonamides is 1. The van der Waals surface area contributed by atoms with Crippen molar-refractivity contribution in [1.82, 2.24) is 9.62 Å². The van der Waals surface area contributed by atoms with Crippen molar-refractivity contribution in [2.24, 2.45) is 0 Å². The fourth-order valence-corrected chi connectivity index (χ4v) is 3.02. The van der Waals surface area contributed by atoms with Crippen molar-refractivity contribution in [3.05, 3.63) is 30.3 Å². The molecular formula is C12H18N2O3S. The molecule has 0 heterocycles. The summed E-state index contributed by atoms with van der Waals surface area (Å²) >= 11 is 0. The summed E-state index contributed by atoms with van der Waals surface area (Å²) in [7, 11) is -2.11. The lowest BCUT2D eigenvalue weighted by atomic mass is 10.4. The molecule has 1 aromatic carbocycles. The van der Waals surface area contributed by atoms with Crippen LogP contribution in [-0.2, 0) is 14.8 Å². The number of nitrogens with one attached hydrogen (secondary N) is 1. The molecular weight excluding hydrogens is 252 g/mol. The quantitative estimate of drug-likeness (QED) is 0.832. The molecule has 100 valence electrons. The van der Waals surface area contributed by atoms with Gasteiger partial charge in [-0.3, -0.25) is 4.79 Å². The van der Waals surface area contributed by atoms with Gasteiger partial charge in [-0.2, -0.15) is 4.31 Å². The minimum atomic E-state index is -3.60. The lowest BCUT2D eigenvalue weighted by Crippen LogP contribution is -2.40. The summed E-state index contributed by atoms with van der Waals surface area (Å²) in [5.41, 5.74) is 0. The third kappa shape index (κ3) is 3.54. The maximum atomic E-state index is 12.3. The van der Waals surface area contributed by atoms with E-state index in [1.165, 1.54) is 23.5 Å². The van der Waals surface area contributed by atoms with E-state index in [9.17, 15) is 13.2 Å². The molecule has 0 aliphatic carbocycles. The van der Waals surface area contributed by atoms with Crippen LogP contribution in [0.25, 0.3) is 0 Å². The van der Waals surface area contributed by atoms with Crippen molar-refractivity contribution in [2.75, 3.05) is 20.1 Å². The Kier molecular flexibility index (Phi) is 5.30. The molecule has 1 N–H and O–H groups in total. The second kappa shape index (κ2) is 6.51. The zero-order valence-electron chi connectivity index (χ0n) is 10.6. The number of hydrogen-bond acceptors (Lipinski definition) is 3. The Morgan fingerprint density at radius 2 is 1.89 bits per heavy atom. The van der Waals surface area contributed by atoms with Crippen LogP contribution < -0.4 is 5.32 Å². The highest BCUT2D eigenvalue weighted by molar-refractivity contribution is 7.89. The summed E-state index contributed by atoms with van der Waals surface area (Å²) in [6.07, 6.45) is 0.656. The van der Waals surface area contributed by atoms with Crippen LogP contribution >= 0.6 is 0 Å². The smallest absolute Gasteiger partial charge is 0.243 e. The molecule has 0 saturated carbocycles. The van der Waals surface area contributed by atoms with E-state index in [0.29, 0.717) is 13.0 Å². The summed E-state index contributed by atoms with van der Waals surface area (Å²) in [6, 6.07) is 8.14. The van der Waals surface area contributed by atoms with Gasteiger partial charge in [0, 0.05) is 13.6 Å². The number of carbonyl (C=O) groups excluding carboxylic acids is 1. The number of rotatable bonds is 6. The summed E-state index contributed by atoms with van der Waals surface area (Å²) in [5, 5.41) is 2.43. The lowest BCUT2D eigenvalue weighted by molar-refractivity contribution is -0.120. The van der Waals surface area contributed by atoms with Gasteiger partial charge in [0.1, 0.15) is 0 Å². The largest absolute Gasteiger partial charge is 0.358 e.